The van der Waals surface area contributed by atoms with Crippen LogP contribution < -0.4 is 10.6 Å². The Balaban J connectivity index is 2.70. The van der Waals surface area contributed by atoms with Crippen LogP contribution in [0, 0.1) is 18.8 Å². The highest BCUT2D eigenvalue weighted by atomic mass is 16.2. The van der Waals surface area contributed by atoms with E-state index in [9.17, 15) is 4.79 Å². The number of urea groups is 1. The molecule has 4 nitrogen and oxygen atoms in total. The molecule has 0 aliphatic heterocycles. The third-order valence-corrected chi connectivity index (χ3v) is 2.32. The molecular formula is C14H18N2O2. The molecule has 0 fully saturated rings. The summed E-state index contributed by atoms with van der Waals surface area (Å²) in [6, 6.07) is 5.29. The molecule has 0 aliphatic carbocycles. The van der Waals surface area contributed by atoms with Gasteiger partial charge in [-0.05, 0) is 37.1 Å². The zero-order valence-electron chi connectivity index (χ0n) is 10.7. The third-order valence-electron chi connectivity index (χ3n) is 2.32. The fourth-order valence-electron chi connectivity index (χ4n) is 1.43. The molecule has 0 heterocycles. The second-order valence-corrected chi connectivity index (χ2v) is 3.87. The SMILES string of the molecule is CCCNC(=O)Nc1ccc(C#CCO)cc1C. The number of aliphatic hydroxyl groups excluding tert-OH is 1. The van der Waals surface area contributed by atoms with Gasteiger partial charge in [-0.15, -0.1) is 0 Å². The largest absolute Gasteiger partial charge is 0.384 e. The lowest BCUT2D eigenvalue weighted by Crippen LogP contribution is -2.29. The molecule has 0 saturated carbocycles. The summed E-state index contributed by atoms with van der Waals surface area (Å²) in [5, 5.41) is 14.1. The molecule has 3 N–H and O–H groups in total. The number of amides is 2. The maximum atomic E-state index is 11.5. The normalized spacial score (nSPS) is 9.28. The predicted molar refractivity (Wildman–Crippen MR) is 72.5 cm³/mol. The number of benzene rings is 1. The summed E-state index contributed by atoms with van der Waals surface area (Å²) in [4.78, 5) is 11.5. The first-order valence-electron chi connectivity index (χ1n) is 5.92. The monoisotopic (exact) mass is 246 g/mol. The van der Waals surface area contributed by atoms with Gasteiger partial charge in [0.25, 0.3) is 0 Å². The van der Waals surface area contributed by atoms with Gasteiger partial charge in [0.05, 0.1) is 0 Å². The van der Waals surface area contributed by atoms with Crippen LogP contribution in [0.5, 0.6) is 0 Å². The lowest BCUT2D eigenvalue weighted by molar-refractivity contribution is 0.252. The molecule has 0 aromatic heterocycles. The van der Waals surface area contributed by atoms with Crippen molar-refractivity contribution in [3.63, 3.8) is 0 Å². The van der Waals surface area contributed by atoms with Gasteiger partial charge in [-0.25, -0.2) is 4.79 Å². The van der Waals surface area contributed by atoms with Crippen molar-refractivity contribution < 1.29 is 9.90 Å². The summed E-state index contributed by atoms with van der Waals surface area (Å²) in [6.07, 6.45) is 0.905. The number of carbonyl (C=O) groups excluding carboxylic acids is 1. The molecule has 2 amide bonds. The van der Waals surface area contributed by atoms with Crippen LogP contribution in [-0.2, 0) is 0 Å². The molecule has 1 aromatic carbocycles. The summed E-state index contributed by atoms with van der Waals surface area (Å²) in [5.41, 5.74) is 2.52. The number of carbonyl (C=O) groups is 1. The Morgan fingerprint density at radius 3 is 2.83 bits per heavy atom. The molecule has 1 rings (SSSR count). The highest BCUT2D eigenvalue weighted by Gasteiger charge is 2.03. The first kappa shape index (κ1) is 14.1. The minimum absolute atomic E-state index is 0.154. The number of aryl methyl sites for hydroxylation is 1. The van der Waals surface area contributed by atoms with Crippen LogP contribution in [0.15, 0.2) is 18.2 Å². The first-order chi connectivity index (χ1) is 8.67. The second-order valence-electron chi connectivity index (χ2n) is 3.87. The maximum absolute atomic E-state index is 11.5. The van der Waals surface area contributed by atoms with E-state index in [1.165, 1.54) is 0 Å². The minimum atomic E-state index is -0.200. The Kier molecular flexibility index (Phi) is 5.75. The van der Waals surface area contributed by atoms with E-state index in [0.717, 1.165) is 23.2 Å². The highest BCUT2D eigenvalue weighted by Crippen LogP contribution is 2.15. The van der Waals surface area contributed by atoms with Gasteiger partial charge in [-0.1, -0.05) is 18.8 Å². The van der Waals surface area contributed by atoms with Gasteiger partial charge in [0.1, 0.15) is 6.61 Å². The zero-order chi connectivity index (χ0) is 13.4. The molecular weight excluding hydrogens is 228 g/mol. The van der Waals surface area contributed by atoms with Crippen molar-refractivity contribution in [1.29, 1.82) is 0 Å². The molecule has 0 radical (unpaired) electrons. The smallest absolute Gasteiger partial charge is 0.319 e. The van der Waals surface area contributed by atoms with E-state index in [2.05, 4.69) is 22.5 Å². The summed E-state index contributed by atoms with van der Waals surface area (Å²) in [7, 11) is 0. The van der Waals surface area contributed by atoms with E-state index < -0.39 is 0 Å². The Bertz CT molecular complexity index is 472. The van der Waals surface area contributed by atoms with Crippen LogP contribution in [-0.4, -0.2) is 24.3 Å². The van der Waals surface area contributed by atoms with Crippen molar-refractivity contribution in [2.75, 3.05) is 18.5 Å². The molecule has 96 valence electrons. The summed E-state index contributed by atoms with van der Waals surface area (Å²) in [5.74, 6) is 5.41. The van der Waals surface area contributed by atoms with Gasteiger partial charge < -0.3 is 15.7 Å². The van der Waals surface area contributed by atoms with E-state index in [0.29, 0.717) is 6.54 Å². The molecule has 1 aromatic rings. The van der Waals surface area contributed by atoms with Gasteiger partial charge >= 0.3 is 6.03 Å². The number of hydrogen-bond acceptors (Lipinski definition) is 2. The first-order valence-corrected chi connectivity index (χ1v) is 5.92. The molecule has 18 heavy (non-hydrogen) atoms. The standard InChI is InChI=1S/C14H18N2O2/c1-3-8-15-14(18)16-13-7-6-12(5-4-9-17)10-11(13)2/h6-7,10,17H,3,8-9H2,1-2H3,(H2,15,16,18). The van der Waals surface area contributed by atoms with E-state index in [4.69, 9.17) is 5.11 Å². The van der Waals surface area contributed by atoms with E-state index in [1.54, 1.807) is 0 Å². The van der Waals surface area contributed by atoms with E-state index in [-0.39, 0.29) is 12.6 Å². The average Bonchev–Trinajstić information content (AvgIpc) is 2.36. The van der Waals surface area contributed by atoms with Gasteiger partial charge in [0.2, 0.25) is 0 Å². The fraction of sp³-hybridized carbons (Fsp3) is 0.357. The van der Waals surface area contributed by atoms with Gasteiger partial charge in [-0.3, -0.25) is 0 Å². The van der Waals surface area contributed by atoms with Crippen LogP contribution in [0.2, 0.25) is 0 Å². The Morgan fingerprint density at radius 1 is 1.44 bits per heavy atom. The van der Waals surface area contributed by atoms with Crippen molar-refractivity contribution >= 4 is 11.7 Å². The van der Waals surface area contributed by atoms with Crippen molar-refractivity contribution in [2.45, 2.75) is 20.3 Å². The van der Waals surface area contributed by atoms with Crippen LogP contribution >= 0.6 is 0 Å². The molecule has 4 heteroatoms. The molecule has 0 atom stereocenters. The van der Waals surface area contributed by atoms with Crippen LogP contribution in [0.25, 0.3) is 0 Å². The predicted octanol–water partition coefficient (Wildman–Crippen LogP) is 1.87. The van der Waals surface area contributed by atoms with Crippen LogP contribution in [0.3, 0.4) is 0 Å². The lowest BCUT2D eigenvalue weighted by Gasteiger charge is -2.09. The zero-order valence-corrected chi connectivity index (χ0v) is 10.7. The van der Waals surface area contributed by atoms with E-state index in [1.807, 2.05) is 32.0 Å². The average molecular weight is 246 g/mol. The van der Waals surface area contributed by atoms with Gasteiger partial charge in [0.15, 0.2) is 0 Å². The number of aliphatic hydroxyl groups is 1. The summed E-state index contributed by atoms with van der Waals surface area (Å²) >= 11 is 0. The van der Waals surface area contributed by atoms with E-state index >= 15 is 0 Å². The minimum Gasteiger partial charge on any atom is -0.384 e. The Morgan fingerprint density at radius 2 is 2.22 bits per heavy atom. The van der Waals surface area contributed by atoms with Gasteiger partial charge in [0, 0.05) is 17.8 Å². The number of rotatable bonds is 3. The van der Waals surface area contributed by atoms with Crippen molar-refractivity contribution in [1.82, 2.24) is 5.32 Å². The quantitative estimate of drug-likeness (QED) is 0.713. The molecule has 0 bridgehead atoms. The van der Waals surface area contributed by atoms with Crippen LogP contribution in [0.4, 0.5) is 10.5 Å². The Hall–Kier alpha value is -1.99. The second kappa shape index (κ2) is 7.36. The van der Waals surface area contributed by atoms with Crippen molar-refractivity contribution in [2.24, 2.45) is 0 Å². The molecule has 0 aliphatic rings. The summed E-state index contributed by atoms with van der Waals surface area (Å²) < 4.78 is 0. The third kappa shape index (κ3) is 4.48. The van der Waals surface area contributed by atoms with Crippen LogP contribution in [0.1, 0.15) is 24.5 Å². The molecule has 0 spiro atoms. The topological polar surface area (TPSA) is 61.4 Å². The number of hydrogen-bond donors (Lipinski definition) is 3. The van der Waals surface area contributed by atoms with Gasteiger partial charge in [-0.2, -0.15) is 0 Å². The van der Waals surface area contributed by atoms with Crippen molar-refractivity contribution in [3.8, 4) is 11.8 Å². The summed E-state index contributed by atoms with van der Waals surface area (Å²) in [6.45, 7) is 4.41. The van der Waals surface area contributed by atoms with Crippen molar-refractivity contribution in [3.05, 3.63) is 29.3 Å². The number of nitrogens with one attached hydrogen (secondary N) is 2. The fourth-order valence-corrected chi connectivity index (χ4v) is 1.43. The lowest BCUT2D eigenvalue weighted by atomic mass is 10.1. The number of anilines is 1. The maximum Gasteiger partial charge on any atom is 0.319 e. The molecule has 0 saturated heterocycles. The highest BCUT2D eigenvalue weighted by molar-refractivity contribution is 5.90. The Labute approximate surface area is 107 Å². The molecule has 0 unspecified atom stereocenters.